The lowest BCUT2D eigenvalue weighted by molar-refractivity contribution is 0.108. The molecule has 19 heavy (non-hydrogen) atoms. The first-order valence-electron chi connectivity index (χ1n) is 7.03. The number of ether oxygens (including phenoxy) is 1. The van der Waals surface area contributed by atoms with Gasteiger partial charge < -0.3 is 15.4 Å². The molecule has 1 fully saturated rings. The topological polar surface area (TPSA) is 38.5 Å². The Bertz CT molecular complexity index is 477. The van der Waals surface area contributed by atoms with Gasteiger partial charge in [-0.1, -0.05) is 0 Å². The number of fused-ring (bicyclic) bond motifs is 1. The van der Waals surface area contributed by atoms with E-state index < -0.39 is 0 Å². The zero-order chi connectivity index (χ0) is 13.4. The van der Waals surface area contributed by atoms with Gasteiger partial charge in [-0.3, -0.25) is 0 Å². The lowest BCUT2D eigenvalue weighted by Gasteiger charge is -2.23. The van der Waals surface area contributed by atoms with Crippen LogP contribution >= 0.6 is 0 Å². The molecule has 1 saturated heterocycles. The number of benzene rings is 1. The van der Waals surface area contributed by atoms with E-state index in [1.165, 1.54) is 5.56 Å². The largest absolute Gasteiger partial charge is 0.378 e. The fraction of sp³-hybridized carbons (Fsp3) is 0.600. The predicted molar refractivity (Wildman–Crippen MR) is 74.0 cm³/mol. The number of aryl methyl sites for hydroxylation is 1. The third kappa shape index (κ3) is 2.35. The van der Waals surface area contributed by atoms with Gasteiger partial charge in [-0.15, -0.1) is 0 Å². The normalized spacial score (nSPS) is 26.6. The Labute approximate surface area is 113 Å². The summed E-state index contributed by atoms with van der Waals surface area (Å²) in [7, 11) is 1.68. The zero-order valence-electron chi connectivity index (χ0n) is 11.4. The van der Waals surface area contributed by atoms with E-state index in [9.17, 15) is 4.39 Å². The smallest absolute Gasteiger partial charge is 0.128 e. The predicted octanol–water partition coefficient (Wildman–Crippen LogP) is 1.87. The lowest BCUT2D eigenvalue weighted by Crippen LogP contribution is -2.34. The number of anilines is 1. The minimum atomic E-state index is -0.0540. The second-order valence-electron chi connectivity index (χ2n) is 5.62. The van der Waals surface area contributed by atoms with Crippen LogP contribution in [0, 0.1) is 5.82 Å². The van der Waals surface area contributed by atoms with Crippen molar-refractivity contribution in [2.75, 3.05) is 25.1 Å². The van der Waals surface area contributed by atoms with Crippen LogP contribution in [0.1, 0.15) is 24.0 Å². The maximum absolute atomic E-state index is 14.2. The minimum Gasteiger partial charge on any atom is -0.378 e. The summed E-state index contributed by atoms with van der Waals surface area (Å²) in [5, 5.41) is 0. The molecular weight excluding hydrogens is 243 g/mol. The van der Waals surface area contributed by atoms with Crippen molar-refractivity contribution in [3.05, 3.63) is 29.1 Å². The Morgan fingerprint density at radius 3 is 2.79 bits per heavy atom. The first-order valence-corrected chi connectivity index (χ1v) is 7.03. The number of halogens is 1. The van der Waals surface area contributed by atoms with Gasteiger partial charge in [-0.2, -0.15) is 0 Å². The summed E-state index contributed by atoms with van der Waals surface area (Å²) in [4.78, 5) is 2.14. The van der Waals surface area contributed by atoms with E-state index >= 15 is 0 Å². The molecule has 3 nitrogen and oxygen atoms in total. The number of nitrogens with two attached hydrogens (primary N) is 1. The van der Waals surface area contributed by atoms with Crippen molar-refractivity contribution in [2.45, 2.75) is 37.8 Å². The van der Waals surface area contributed by atoms with Crippen LogP contribution < -0.4 is 10.6 Å². The fourth-order valence-corrected chi connectivity index (χ4v) is 3.24. The van der Waals surface area contributed by atoms with Gasteiger partial charge in [0.15, 0.2) is 0 Å². The molecular formula is C15H21FN2O. The van der Waals surface area contributed by atoms with Crippen molar-refractivity contribution in [1.29, 1.82) is 0 Å². The van der Waals surface area contributed by atoms with Crippen LogP contribution in [0.3, 0.4) is 0 Å². The molecule has 0 radical (unpaired) electrons. The van der Waals surface area contributed by atoms with Gasteiger partial charge in [0, 0.05) is 25.9 Å². The molecule has 104 valence electrons. The number of hydrogen-bond acceptors (Lipinski definition) is 3. The van der Waals surface area contributed by atoms with Crippen LogP contribution in [0.25, 0.3) is 0 Å². The summed E-state index contributed by atoms with van der Waals surface area (Å²) in [5.74, 6) is -0.0540. The Morgan fingerprint density at radius 2 is 2.05 bits per heavy atom. The molecule has 1 aromatic carbocycles. The molecule has 0 unspecified atom stereocenters. The Morgan fingerprint density at radius 1 is 1.26 bits per heavy atom. The molecule has 0 aromatic heterocycles. The van der Waals surface area contributed by atoms with Crippen molar-refractivity contribution >= 4 is 5.69 Å². The van der Waals surface area contributed by atoms with Crippen molar-refractivity contribution in [1.82, 2.24) is 0 Å². The third-order valence-corrected chi connectivity index (χ3v) is 4.37. The van der Waals surface area contributed by atoms with Crippen LogP contribution in [-0.4, -0.2) is 32.3 Å². The van der Waals surface area contributed by atoms with Crippen molar-refractivity contribution in [2.24, 2.45) is 5.73 Å². The van der Waals surface area contributed by atoms with Gasteiger partial charge in [0.25, 0.3) is 0 Å². The summed E-state index contributed by atoms with van der Waals surface area (Å²) in [6, 6.07) is 3.81. The van der Waals surface area contributed by atoms with E-state index in [0.717, 1.165) is 50.0 Å². The molecule has 2 atom stereocenters. The van der Waals surface area contributed by atoms with E-state index in [1.807, 2.05) is 0 Å². The molecule has 1 aliphatic carbocycles. The summed E-state index contributed by atoms with van der Waals surface area (Å²) >= 11 is 0. The standard InChI is InChI=1S/C15H21FN2O/c1-19-15-9-18(8-14(15)17)11-6-10-4-2-3-5-12(10)13(16)7-11/h6-7,14-15H,2-5,8-9,17H2,1H3/t14-,15-/m0/s1. The van der Waals surface area contributed by atoms with Gasteiger partial charge in [0.05, 0.1) is 12.1 Å². The highest BCUT2D eigenvalue weighted by Gasteiger charge is 2.31. The molecule has 0 bridgehead atoms. The monoisotopic (exact) mass is 264 g/mol. The first kappa shape index (κ1) is 12.9. The number of hydrogen-bond donors (Lipinski definition) is 1. The van der Waals surface area contributed by atoms with Crippen LogP contribution in [0.15, 0.2) is 12.1 Å². The molecule has 1 aromatic rings. The molecule has 1 aliphatic heterocycles. The summed E-state index contributed by atoms with van der Waals surface area (Å²) in [6.07, 6.45) is 4.17. The van der Waals surface area contributed by atoms with Gasteiger partial charge in [-0.25, -0.2) is 4.39 Å². The average molecular weight is 264 g/mol. The highest BCUT2D eigenvalue weighted by Crippen LogP contribution is 2.30. The molecule has 4 heteroatoms. The number of nitrogens with zero attached hydrogens (tertiary/aromatic N) is 1. The van der Waals surface area contributed by atoms with E-state index in [1.54, 1.807) is 13.2 Å². The van der Waals surface area contributed by atoms with Crippen molar-refractivity contribution < 1.29 is 9.13 Å². The Hall–Kier alpha value is -1.13. The average Bonchev–Trinajstić information content (AvgIpc) is 2.80. The molecule has 2 N–H and O–H groups in total. The van der Waals surface area contributed by atoms with Crippen LogP contribution in [0.5, 0.6) is 0 Å². The lowest BCUT2D eigenvalue weighted by atomic mass is 9.91. The van der Waals surface area contributed by atoms with Gasteiger partial charge in [0.2, 0.25) is 0 Å². The highest BCUT2D eigenvalue weighted by molar-refractivity contribution is 5.53. The summed E-state index contributed by atoms with van der Waals surface area (Å²) in [6.45, 7) is 1.48. The number of rotatable bonds is 2. The quantitative estimate of drug-likeness (QED) is 0.886. The highest BCUT2D eigenvalue weighted by atomic mass is 19.1. The molecule has 0 amide bonds. The third-order valence-electron chi connectivity index (χ3n) is 4.37. The first-order chi connectivity index (χ1) is 9.19. The SMILES string of the molecule is CO[C@H]1CN(c2cc(F)c3c(c2)CCCC3)C[C@@H]1N. The Balaban J connectivity index is 1.88. The van der Waals surface area contributed by atoms with Crippen LogP contribution in [0.2, 0.25) is 0 Å². The maximum Gasteiger partial charge on any atom is 0.128 e. The zero-order valence-corrected chi connectivity index (χ0v) is 11.4. The summed E-state index contributed by atoms with van der Waals surface area (Å²) in [5.41, 5.74) is 9.08. The van der Waals surface area contributed by atoms with Crippen LogP contribution in [-0.2, 0) is 17.6 Å². The van der Waals surface area contributed by atoms with Gasteiger partial charge in [0.1, 0.15) is 5.82 Å². The molecule has 0 saturated carbocycles. The fourth-order valence-electron chi connectivity index (χ4n) is 3.24. The molecule has 2 aliphatic rings. The van der Waals surface area contributed by atoms with Crippen LogP contribution in [0.4, 0.5) is 10.1 Å². The summed E-state index contributed by atoms with van der Waals surface area (Å²) < 4.78 is 19.5. The molecule has 3 rings (SSSR count). The Kier molecular flexibility index (Phi) is 3.46. The molecule has 0 spiro atoms. The maximum atomic E-state index is 14.2. The number of methoxy groups -OCH3 is 1. The second kappa shape index (κ2) is 5.10. The van der Waals surface area contributed by atoms with Gasteiger partial charge in [-0.05, 0) is 48.9 Å². The van der Waals surface area contributed by atoms with Crippen molar-refractivity contribution in [3.8, 4) is 0 Å². The van der Waals surface area contributed by atoms with E-state index in [0.29, 0.717) is 0 Å². The second-order valence-corrected chi connectivity index (χ2v) is 5.62. The molecule has 1 heterocycles. The van der Waals surface area contributed by atoms with E-state index in [-0.39, 0.29) is 18.0 Å². The van der Waals surface area contributed by atoms with E-state index in [4.69, 9.17) is 10.5 Å². The van der Waals surface area contributed by atoms with Gasteiger partial charge >= 0.3 is 0 Å². The minimum absolute atomic E-state index is 0.00379. The van der Waals surface area contributed by atoms with Crippen molar-refractivity contribution in [3.63, 3.8) is 0 Å². The van der Waals surface area contributed by atoms with E-state index in [2.05, 4.69) is 11.0 Å².